The predicted molar refractivity (Wildman–Crippen MR) is 111 cm³/mol. The largest absolute Gasteiger partial charge is 0.573 e. The van der Waals surface area contributed by atoms with Crippen LogP contribution in [0.25, 0.3) is 11.3 Å². The standard InChI is InChI=1S/C21H19F3N4O4/c1-31-17-8-3-2-5-14(17)11-25-18-10-16(27-20(28-18)26-12-19(29)30)13-6-4-7-15(9-13)32-21(22,23)24/h2-10H,11-12H2,1H3,(H,29,30)(H2,25,26,27,28). The van der Waals surface area contributed by atoms with Crippen LogP contribution in [0.2, 0.25) is 0 Å². The van der Waals surface area contributed by atoms with Gasteiger partial charge in [0.25, 0.3) is 0 Å². The van der Waals surface area contributed by atoms with Crippen molar-refractivity contribution in [2.24, 2.45) is 0 Å². The lowest BCUT2D eigenvalue weighted by Gasteiger charge is -2.13. The number of alkyl halides is 3. The smallest absolute Gasteiger partial charge is 0.496 e. The van der Waals surface area contributed by atoms with Gasteiger partial charge in [0.15, 0.2) is 0 Å². The van der Waals surface area contributed by atoms with Gasteiger partial charge in [-0.25, -0.2) is 4.98 Å². The number of methoxy groups -OCH3 is 1. The molecule has 0 aliphatic rings. The van der Waals surface area contributed by atoms with Gasteiger partial charge in [-0.3, -0.25) is 4.79 Å². The fraction of sp³-hybridized carbons (Fsp3) is 0.190. The number of carboxylic acids is 1. The summed E-state index contributed by atoms with van der Waals surface area (Å²) in [6.45, 7) is -0.108. The summed E-state index contributed by atoms with van der Waals surface area (Å²) in [4.78, 5) is 19.4. The molecular weight excluding hydrogens is 429 g/mol. The summed E-state index contributed by atoms with van der Waals surface area (Å²) >= 11 is 0. The molecule has 1 heterocycles. The molecule has 0 radical (unpaired) electrons. The number of rotatable bonds is 9. The first kappa shape index (κ1) is 22.7. The zero-order valence-corrected chi connectivity index (χ0v) is 16.8. The minimum Gasteiger partial charge on any atom is -0.496 e. The molecule has 2 aromatic carbocycles. The Kier molecular flexibility index (Phi) is 6.98. The van der Waals surface area contributed by atoms with E-state index in [1.165, 1.54) is 24.3 Å². The molecule has 0 aliphatic carbocycles. The zero-order chi connectivity index (χ0) is 23.1. The first-order valence-electron chi connectivity index (χ1n) is 9.30. The summed E-state index contributed by atoms with van der Waals surface area (Å²) in [5, 5.41) is 14.6. The van der Waals surface area contributed by atoms with Gasteiger partial charge in [-0.2, -0.15) is 4.98 Å². The van der Waals surface area contributed by atoms with Crippen LogP contribution in [0.15, 0.2) is 54.6 Å². The Morgan fingerprint density at radius 1 is 1.06 bits per heavy atom. The zero-order valence-electron chi connectivity index (χ0n) is 16.8. The lowest BCUT2D eigenvalue weighted by molar-refractivity contribution is -0.274. The molecule has 0 saturated carbocycles. The van der Waals surface area contributed by atoms with Crippen LogP contribution < -0.4 is 20.1 Å². The molecule has 0 bridgehead atoms. The Balaban J connectivity index is 1.91. The number of nitrogens with one attached hydrogen (secondary N) is 2. The van der Waals surface area contributed by atoms with Gasteiger partial charge in [0, 0.05) is 23.7 Å². The molecule has 0 atom stereocenters. The third-order valence-corrected chi connectivity index (χ3v) is 4.14. The number of para-hydroxylation sites is 1. The first-order valence-corrected chi connectivity index (χ1v) is 9.30. The van der Waals surface area contributed by atoms with E-state index in [9.17, 15) is 18.0 Å². The van der Waals surface area contributed by atoms with E-state index < -0.39 is 24.6 Å². The number of ether oxygens (including phenoxy) is 2. The number of carbonyl (C=O) groups is 1. The van der Waals surface area contributed by atoms with E-state index in [2.05, 4.69) is 25.3 Å². The normalized spacial score (nSPS) is 11.0. The molecule has 11 heteroatoms. The molecule has 0 saturated heterocycles. The number of anilines is 2. The first-order chi connectivity index (χ1) is 15.2. The topological polar surface area (TPSA) is 106 Å². The molecule has 8 nitrogen and oxygen atoms in total. The van der Waals surface area contributed by atoms with Gasteiger partial charge in [0.1, 0.15) is 23.9 Å². The number of nitrogens with zero attached hydrogens (tertiary/aromatic N) is 2. The van der Waals surface area contributed by atoms with Crippen LogP contribution in [-0.2, 0) is 11.3 Å². The van der Waals surface area contributed by atoms with Crippen molar-refractivity contribution in [1.29, 1.82) is 0 Å². The van der Waals surface area contributed by atoms with Crippen molar-refractivity contribution >= 4 is 17.7 Å². The molecule has 3 aromatic rings. The van der Waals surface area contributed by atoms with Gasteiger partial charge < -0.3 is 25.2 Å². The highest BCUT2D eigenvalue weighted by Crippen LogP contribution is 2.29. The van der Waals surface area contributed by atoms with Gasteiger partial charge in [-0.1, -0.05) is 30.3 Å². The van der Waals surface area contributed by atoms with Crippen molar-refractivity contribution in [2.75, 3.05) is 24.3 Å². The van der Waals surface area contributed by atoms with Crippen LogP contribution in [0.1, 0.15) is 5.56 Å². The predicted octanol–water partition coefficient (Wildman–Crippen LogP) is 4.16. The van der Waals surface area contributed by atoms with Crippen molar-refractivity contribution in [3.8, 4) is 22.8 Å². The molecule has 3 N–H and O–H groups in total. The summed E-state index contributed by atoms with van der Waals surface area (Å²) in [6.07, 6.45) is -4.83. The number of aliphatic carboxylic acids is 1. The average Bonchev–Trinajstić information content (AvgIpc) is 2.75. The minimum atomic E-state index is -4.83. The maximum atomic E-state index is 12.6. The van der Waals surface area contributed by atoms with Crippen molar-refractivity contribution in [1.82, 2.24) is 9.97 Å². The molecule has 0 fully saturated rings. The monoisotopic (exact) mass is 448 g/mol. The Morgan fingerprint density at radius 3 is 2.56 bits per heavy atom. The maximum Gasteiger partial charge on any atom is 0.573 e. The molecule has 0 spiro atoms. The van der Waals surface area contributed by atoms with E-state index >= 15 is 0 Å². The summed E-state index contributed by atoms with van der Waals surface area (Å²) in [5.41, 5.74) is 1.44. The van der Waals surface area contributed by atoms with Crippen LogP contribution in [0.4, 0.5) is 24.9 Å². The van der Waals surface area contributed by atoms with E-state index in [4.69, 9.17) is 9.84 Å². The minimum absolute atomic E-state index is 0.00503. The van der Waals surface area contributed by atoms with Gasteiger partial charge in [-0.15, -0.1) is 13.2 Å². The lowest BCUT2D eigenvalue weighted by Crippen LogP contribution is -2.17. The van der Waals surface area contributed by atoms with E-state index in [-0.39, 0.29) is 11.6 Å². The van der Waals surface area contributed by atoms with Crippen LogP contribution in [0.3, 0.4) is 0 Å². The lowest BCUT2D eigenvalue weighted by atomic mass is 10.1. The number of benzene rings is 2. The SMILES string of the molecule is COc1ccccc1CNc1cc(-c2cccc(OC(F)(F)F)c2)nc(NCC(=O)O)n1. The van der Waals surface area contributed by atoms with Gasteiger partial charge in [-0.05, 0) is 18.2 Å². The average molecular weight is 448 g/mol. The van der Waals surface area contributed by atoms with E-state index in [0.29, 0.717) is 23.7 Å². The number of aromatic nitrogens is 2. The van der Waals surface area contributed by atoms with E-state index in [1.807, 2.05) is 18.2 Å². The number of hydrogen-bond acceptors (Lipinski definition) is 7. The summed E-state index contributed by atoms with van der Waals surface area (Å²) in [5.74, 6) is -0.540. The van der Waals surface area contributed by atoms with Crippen LogP contribution in [-0.4, -0.2) is 41.1 Å². The van der Waals surface area contributed by atoms with Gasteiger partial charge in [0.05, 0.1) is 12.8 Å². The highest BCUT2D eigenvalue weighted by atomic mass is 19.4. The van der Waals surface area contributed by atoms with Gasteiger partial charge >= 0.3 is 12.3 Å². The summed E-state index contributed by atoms with van der Waals surface area (Å²) < 4.78 is 47.0. The summed E-state index contributed by atoms with van der Waals surface area (Å²) in [7, 11) is 1.55. The molecule has 168 valence electrons. The highest BCUT2D eigenvalue weighted by molar-refractivity contribution is 5.72. The fourth-order valence-electron chi connectivity index (χ4n) is 2.81. The quantitative estimate of drug-likeness (QED) is 0.448. The maximum absolute atomic E-state index is 12.6. The van der Waals surface area contributed by atoms with Crippen LogP contribution >= 0.6 is 0 Å². The molecular formula is C21H19F3N4O4. The molecule has 3 rings (SSSR count). The van der Waals surface area contributed by atoms with Crippen molar-refractivity contribution in [2.45, 2.75) is 12.9 Å². The second-order valence-electron chi connectivity index (χ2n) is 6.45. The number of halogens is 3. The van der Waals surface area contributed by atoms with Crippen LogP contribution in [0.5, 0.6) is 11.5 Å². The third-order valence-electron chi connectivity index (χ3n) is 4.14. The number of carboxylic acid groups (broad SMARTS) is 1. The van der Waals surface area contributed by atoms with Gasteiger partial charge in [0.2, 0.25) is 5.95 Å². The van der Waals surface area contributed by atoms with Crippen LogP contribution in [0, 0.1) is 0 Å². The van der Waals surface area contributed by atoms with E-state index in [1.54, 1.807) is 19.2 Å². The third kappa shape index (κ3) is 6.49. The fourth-order valence-corrected chi connectivity index (χ4v) is 2.81. The molecule has 0 amide bonds. The van der Waals surface area contributed by atoms with E-state index in [0.717, 1.165) is 5.56 Å². The summed E-state index contributed by atoms with van der Waals surface area (Å²) in [6, 6.07) is 14.2. The van der Waals surface area contributed by atoms with Crippen molar-refractivity contribution < 1.29 is 32.5 Å². The Bertz CT molecular complexity index is 1090. The molecule has 32 heavy (non-hydrogen) atoms. The molecule has 1 aromatic heterocycles. The Hall–Kier alpha value is -4.02. The molecule has 0 unspecified atom stereocenters. The number of hydrogen-bond donors (Lipinski definition) is 3. The Morgan fingerprint density at radius 2 is 1.84 bits per heavy atom. The highest BCUT2D eigenvalue weighted by Gasteiger charge is 2.31. The second kappa shape index (κ2) is 9.86. The molecule has 0 aliphatic heterocycles. The van der Waals surface area contributed by atoms with Crippen molar-refractivity contribution in [3.05, 3.63) is 60.2 Å². The van der Waals surface area contributed by atoms with Crippen molar-refractivity contribution in [3.63, 3.8) is 0 Å². The second-order valence-corrected chi connectivity index (χ2v) is 6.45. The Labute approximate surface area is 181 Å².